The van der Waals surface area contributed by atoms with E-state index < -0.39 is 0 Å². The Morgan fingerprint density at radius 2 is 2.24 bits per heavy atom. The molecule has 1 heterocycles. The number of hydrogen-bond donors (Lipinski definition) is 1. The van der Waals surface area contributed by atoms with E-state index in [0.29, 0.717) is 12.0 Å². The third-order valence-electron chi connectivity index (χ3n) is 3.83. The lowest BCUT2D eigenvalue weighted by Crippen LogP contribution is -2.40. The lowest BCUT2D eigenvalue weighted by Gasteiger charge is -2.33. The molecule has 3 heteroatoms. The lowest BCUT2D eigenvalue weighted by atomic mass is 10.0. The van der Waals surface area contributed by atoms with E-state index >= 15 is 0 Å². The molecular weight excluding hydrogens is 210 g/mol. The van der Waals surface area contributed by atoms with E-state index in [1.54, 1.807) is 0 Å². The first-order chi connectivity index (χ1) is 8.26. The third-order valence-corrected chi connectivity index (χ3v) is 3.83. The highest BCUT2D eigenvalue weighted by atomic mass is 15.2. The molecule has 0 spiro atoms. The van der Waals surface area contributed by atoms with Gasteiger partial charge in [0.05, 0.1) is 0 Å². The molecule has 17 heavy (non-hydrogen) atoms. The van der Waals surface area contributed by atoms with Crippen LogP contribution in [0, 0.1) is 12.8 Å². The molecule has 3 nitrogen and oxygen atoms in total. The van der Waals surface area contributed by atoms with Crippen molar-refractivity contribution < 1.29 is 0 Å². The summed E-state index contributed by atoms with van der Waals surface area (Å²) in [6.45, 7) is 6.06. The molecule has 2 unspecified atom stereocenters. The number of rotatable bonds is 4. The number of anilines is 1. The predicted molar refractivity (Wildman–Crippen MR) is 72.2 cm³/mol. The summed E-state index contributed by atoms with van der Waals surface area (Å²) in [5, 5.41) is 0. The largest absolute Gasteiger partial charge is 0.354 e. The maximum Gasteiger partial charge on any atom is 0.129 e. The Labute approximate surface area is 104 Å². The van der Waals surface area contributed by atoms with Gasteiger partial charge in [-0.25, -0.2) is 4.98 Å². The average molecular weight is 233 g/mol. The molecule has 0 bridgehead atoms. The molecule has 1 aliphatic carbocycles. The normalized spacial score (nSPS) is 23.9. The minimum Gasteiger partial charge on any atom is -0.354 e. The highest BCUT2D eigenvalue weighted by Gasteiger charge is 2.31. The van der Waals surface area contributed by atoms with E-state index in [1.807, 2.05) is 13.0 Å². The molecule has 0 amide bonds. The summed E-state index contributed by atoms with van der Waals surface area (Å²) in [5.74, 6) is 1.75. The van der Waals surface area contributed by atoms with Crippen molar-refractivity contribution in [2.45, 2.75) is 39.2 Å². The first kappa shape index (κ1) is 12.4. The minimum absolute atomic E-state index is 0.583. The summed E-state index contributed by atoms with van der Waals surface area (Å²) in [6.07, 6.45) is 3.82. The maximum absolute atomic E-state index is 5.88. The summed E-state index contributed by atoms with van der Waals surface area (Å²) in [4.78, 5) is 7.07. The SMILES string of the molecule is CCN(c1cccc(C)n1)C1CCCC1CN. The summed E-state index contributed by atoms with van der Waals surface area (Å²) < 4.78 is 0. The average Bonchev–Trinajstić information content (AvgIpc) is 2.78. The summed E-state index contributed by atoms with van der Waals surface area (Å²) in [7, 11) is 0. The number of pyridine rings is 1. The topological polar surface area (TPSA) is 42.2 Å². The molecule has 1 aromatic rings. The molecule has 2 atom stereocenters. The van der Waals surface area contributed by atoms with Crippen LogP contribution in [0.1, 0.15) is 31.9 Å². The fourth-order valence-corrected chi connectivity index (χ4v) is 2.96. The second-order valence-electron chi connectivity index (χ2n) is 4.92. The molecule has 1 saturated carbocycles. The molecule has 1 fully saturated rings. The predicted octanol–water partition coefficient (Wildman–Crippen LogP) is 2.34. The Hall–Kier alpha value is -1.09. The van der Waals surface area contributed by atoms with Crippen LogP contribution in [0.5, 0.6) is 0 Å². The van der Waals surface area contributed by atoms with E-state index in [4.69, 9.17) is 5.73 Å². The van der Waals surface area contributed by atoms with E-state index in [9.17, 15) is 0 Å². The van der Waals surface area contributed by atoms with Crippen LogP contribution in [0.15, 0.2) is 18.2 Å². The second kappa shape index (κ2) is 5.50. The Morgan fingerprint density at radius 1 is 1.41 bits per heavy atom. The van der Waals surface area contributed by atoms with Crippen LogP contribution in [-0.2, 0) is 0 Å². The third kappa shape index (κ3) is 2.60. The van der Waals surface area contributed by atoms with Gasteiger partial charge in [-0.15, -0.1) is 0 Å². The Bertz CT molecular complexity index is 364. The molecule has 94 valence electrons. The van der Waals surface area contributed by atoms with Gasteiger partial charge in [-0.2, -0.15) is 0 Å². The fourth-order valence-electron chi connectivity index (χ4n) is 2.96. The lowest BCUT2D eigenvalue weighted by molar-refractivity contribution is 0.459. The second-order valence-corrected chi connectivity index (χ2v) is 4.92. The highest BCUT2D eigenvalue weighted by molar-refractivity contribution is 5.41. The summed E-state index contributed by atoms with van der Waals surface area (Å²) in [5.41, 5.74) is 6.96. The quantitative estimate of drug-likeness (QED) is 0.868. The van der Waals surface area contributed by atoms with Gasteiger partial charge in [-0.3, -0.25) is 0 Å². The number of nitrogens with two attached hydrogens (primary N) is 1. The van der Waals surface area contributed by atoms with E-state index in [1.165, 1.54) is 19.3 Å². The highest BCUT2D eigenvalue weighted by Crippen LogP contribution is 2.31. The standard InChI is InChI=1S/C14H23N3/c1-3-17(13-8-5-7-12(13)10-15)14-9-4-6-11(2)16-14/h4,6,9,12-13H,3,5,7-8,10,15H2,1-2H3. The van der Waals surface area contributed by atoms with Crippen molar-refractivity contribution in [3.8, 4) is 0 Å². The zero-order valence-electron chi connectivity index (χ0n) is 10.9. The van der Waals surface area contributed by atoms with Crippen LogP contribution in [0.2, 0.25) is 0 Å². The zero-order valence-corrected chi connectivity index (χ0v) is 10.9. The zero-order chi connectivity index (χ0) is 12.3. The first-order valence-corrected chi connectivity index (χ1v) is 6.66. The van der Waals surface area contributed by atoms with Crippen LogP contribution < -0.4 is 10.6 Å². The number of aryl methyl sites for hydroxylation is 1. The number of hydrogen-bond acceptors (Lipinski definition) is 3. The van der Waals surface area contributed by atoms with Gasteiger partial charge in [-0.05, 0) is 51.3 Å². The molecule has 1 aromatic heterocycles. The van der Waals surface area contributed by atoms with Gasteiger partial charge in [0.25, 0.3) is 0 Å². The van der Waals surface area contributed by atoms with Gasteiger partial charge < -0.3 is 10.6 Å². The molecule has 2 rings (SSSR count). The van der Waals surface area contributed by atoms with Crippen LogP contribution >= 0.6 is 0 Å². The van der Waals surface area contributed by atoms with E-state index in [0.717, 1.165) is 24.6 Å². The molecule has 0 radical (unpaired) electrons. The van der Waals surface area contributed by atoms with Gasteiger partial charge in [0.2, 0.25) is 0 Å². The van der Waals surface area contributed by atoms with Crippen molar-refractivity contribution in [3.63, 3.8) is 0 Å². The Kier molecular flexibility index (Phi) is 4.00. The molecule has 0 aliphatic heterocycles. The van der Waals surface area contributed by atoms with Gasteiger partial charge in [-0.1, -0.05) is 12.5 Å². The van der Waals surface area contributed by atoms with Gasteiger partial charge in [0.15, 0.2) is 0 Å². The molecule has 2 N–H and O–H groups in total. The van der Waals surface area contributed by atoms with Crippen molar-refractivity contribution in [1.29, 1.82) is 0 Å². The fraction of sp³-hybridized carbons (Fsp3) is 0.643. The van der Waals surface area contributed by atoms with Gasteiger partial charge in [0, 0.05) is 18.3 Å². The van der Waals surface area contributed by atoms with E-state index in [2.05, 4.69) is 28.9 Å². The van der Waals surface area contributed by atoms with E-state index in [-0.39, 0.29) is 0 Å². The molecule has 0 aromatic carbocycles. The van der Waals surface area contributed by atoms with Crippen LogP contribution in [0.25, 0.3) is 0 Å². The van der Waals surface area contributed by atoms with Gasteiger partial charge >= 0.3 is 0 Å². The van der Waals surface area contributed by atoms with Crippen LogP contribution in [0.3, 0.4) is 0 Å². The van der Waals surface area contributed by atoms with Crippen molar-refractivity contribution in [2.24, 2.45) is 11.7 Å². The summed E-state index contributed by atoms with van der Waals surface area (Å²) in [6, 6.07) is 6.83. The molecular formula is C14H23N3. The number of aromatic nitrogens is 1. The minimum atomic E-state index is 0.583. The first-order valence-electron chi connectivity index (χ1n) is 6.66. The molecule has 0 saturated heterocycles. The maximum atomic E-state index is 5.88. The van der Waals surface area contributed by atoms with Gasteiger partial charge in [0.1, 0.15) is 5.82 Å². The van der Waals surface area contributed by atoms with Crippen molar-refractivity contribution in [3.05, 3.63) is 23.9 Å². The van der Waals surface area contributed by atoms with Crippen molar-refractivity contribution in [1.82, 2.24) is 4.98 Å². The van der Waals surface area contributed by atoms with Crippen molar-refractivity contribution >= 4 is 5.82 Å². The number of nitrogens with zero attached hydrogens (tertiary/aromatic N) is 2. The summed E-state index contributed by atoms with van der Waals surface area (Å²) >= 11 is 0. The van der Waals surface area contributed by atoms with Crippen LogP contribution in [-0.4, -0.2) is 24.1 Å². The van der Waals surface area contributed by atoms with Crippen molar-refractivity contribution in [2.75, 3.05) is 18.0 Å². The Morgan fingerprint density at radius 3 is 2.88 bits per heavy atom. The van der Waals surface area contributed by atoms with Crippen LogP contribution in [0.4, 0.5) is 5.82 Å². The molecule has 1 aliphatic rings. The smallest absolute Gasteiger partial charge is 0.129 e. The Balaban J connectivity index is 2.21. The monoisotopic (exact) mass is 233 g/mol.